The molecule has 0 bridgehead atoms. The molecule has 1 unspecified atom stereocenters. The molecule has 0 aliphatic carbocycles. The predicted octanol–water partition coefficient (Wildman–Crippen LogP) is 4.56. The molecule has 21 heavy (non-hydrogen) atoms. The normalized spacial score (nSPS) is 14.0. The highest BCUT2D eigenvalue weighted by Crippen LogP contribution is 2.34. The molecule has 0 saturated carbocycles. The molecule has 3 N–H and O–H groups in total. The molecular formula is C18H29NO2. The number of carbonyl (C=O) groups is 1. The van der Waals surface area contributed by atoms with Crippen LogP contribution in [0.25, 0.3) is 0 Å². The van der Waals surface area contributed by atoms with Crippen LogP contribution in [0.4, 0.5) is 5.69 Å². The monoisotopic (exact) mass is 291 g/mol. The Hall–Kier alpha value is -1.51. The molecule has 1 aromatic rings. The summed E-state index contributed by atoms with van der Waals surface area (Å²) < 4.78 is 0. The Morgan fingerprint density at radius 2 is 1.76 bits per heavy atom. The maximum absolute atomic E-state index is 11.7. The first-order valence-corrected chi connectivity index (χ1v) is 7.54. The number of nitrogen functional groups attached to an aromatic ring is 1. The highest BCUT2D eigenvalue weighted by atomic mass is 16.4. The summed E-state index contributed by atoms with van der Waals surface area (Å²) in [6.45, 7) is 12.7. The topological polar surface area (TPSA) is 63.3 Å². The molecular weight excluding hydrogens is 262 g/mol. The minimum absolute atomic E-state index is 0.0183. The van der Waals surface area contributed by atoms with E-state index in [2.05, 4.69) is 41.5 Å². The summed E-state index contributed by atoms with van der Waals surface area (Å²) in [7, 11) is 0. The Morgan fingerprint density at radius 3 is 2.19 bits per heavy atom. The van der Waals surface area contributed by atoms with E-state index in [1.54, 1.807) is 0 Å². The van der Waals surface area contributed by atoms with Crippen LogP contribution in [-0.4, -0.2) is 11.1 Å². The minimum Gasteiger partial charge on any atom is -0.481 e. The molecule has 0 aliphatic rings. The van der Waals surface area contributed by atoms with E-state index >= 15 is 0 Å². The average Bonchev–Trinajstić information content (AvgIpc) is 2.28. The van der Waals surface area contributed by atoms with Crippen LogP contribution in [0.1, 0.15) is 71.4 Å². The van der Waals surface area contributed by atoms with Crippen LogP contribution >= 0.6 is 0 Å². The fraction of sp³-hybridized carbons (Fsp3) is 0.611. The van der Waals surface area contributed by atoms with Gasteiger partial charge in [0.2, 0.25) is 0 Å². The number of aliphatic carboxylic acids is 1. The lowest BCUT2D eigenvalue weighted by molar-refractivity contribution is -0.139. The summed E-state index contributed by atoms with van der Waals surface area (Å²) in [6.07, 6.45) is 1.46. The zero-order valence-corrected chi connectivity index (χ0v) is 14.2. The highest BCUT2D eigenvalue weighted by Gasteiger charge is 2.26. The number of hydrogen-bond donors (Lipinski definition) is 2. The second kappa shape index (κ2) is 6.08. The van der Waals surface area contributed by atoms with Crippen molar-refractivity contribution in [3.63, 3.8) is 0 Å². The molecule has 1 aromatic carbocycles. The van der Waals surface area contributed by atoms with E-state index in [1.807, 2.05) is 18.2 Å². The predicted molar refractivity (Wildman–Crippen MR) is 88.6 cm³/mol. The highest BCUT2D eigenvalue weighted by molar-refractivity contribution is 5.78. The van der Waals surface area contributed by atoms with Crippen LogP contribution in [0, 0.1) is 5.41 Å². The molecule has 0 radical (unpaired) electrons. The summed E-state index contributed by atoms with van der Waals surface area (Å²) in [5.74, 6) is -1.33. The molecule has 3 nitrogen and oxygen atoms in total. The van der Waals surface area contributed by atoms with Gasteiger partial charge in [-0.05, 0) is 40.9 Å². The van der Waals surface area contributed by atoms with Gasteiger partial charge in [-0.25, -0.2) is 0 Å². The molecule has 0 heterocycles. The van der Waals surface area contributed by atoms with Crippen LogP contribution in [0.5, 0.6) is 0 Å². The SMILES string of the molecule is CC(C)(C)CCC(C(=O)O)c1cc(C(C)(C)C)ccc1N. The molecule has 1 atom stereocenters. The number of rotatable bonds is 4. The van der Waals surface area contributed by atoms with Crippen molar-refractivity contribution in [1.82, 2.24) is 0 Å². The molecule has 1 rings (SSSR count). The number of benzene rings is 1. The lowest BCUT2D eigenvalue weighted by Crippen LogP contribution is -2.18. The Morgan fingerprint density at radius 1 is 1.19 bits per heavy atom. The summed E-state index contributed by atoms with van der Waals surface area (Å²) in [6, 6.07) is 5.79. The summed E-state index contributed by atoms with van der Waals surface area (Å²) in [5.41, 5.74) is 8.59. The Bertz CT molecular complexity index is 507. The fourth-order valence-corrected chi connectivity index (χ4v) is 2.33. The number of carboxylic acids is 1. The van der Waals surface area contributed by atoms with E-state index in [-0.39, 0.29) is 10.8 Å². The third kappa shape index (κ3) is 5.07. The molecule has 0 aliphatic heterocycles. The van der Waals surface area contributed by atoms with Gasteiger partial charge in [-0.2, -0.15) is 0 Å². The van der Waals surface area contributed by atoms with Crippen LogP contribution in [-0.2, 0) is 10.2 Å². The first-order chi connectivity index (χ1) is 9.42. The van der Waals surface area contributed by atoms with Crippen LogP contribution in [0.15, 0.2) is 18.2 Å². The number of anilines is 1. The molecule has 0 fully saturated rings. The number of carboxylic acid groups (broad SMARTS) is 1. The van der Waals surface area contributed by atoms with Gasteiger partial charge in [0.05, 0.1) is 5.92 Å². The fourth-order valence-electron chi connectivity index (χ4n) is 2.33. The molecule has 0 saturated heterocycles. The maximum Gasteiger partial charge on any atom is 0.311 e. The first-order valence-electron chi connectivity index (χ1n) is 7.54. The van der Waals surface area contributed by atoms with Crippen molar-refractivity contribution in [2.75, 3.05) is 5.73 Å². The maximum atomic E-state index is 11.7. The van der Waals surface area contributed by atoms with Gasteiger partial charge in [0, 0.05) is 5.69 Å². The van der Waals surface area contributed by atoms with Crippen molar-refractivity contribution in [3.8, 4) is 0 Å². The van der Waals surface area contributed by atoms with Crippen molar-refractivity contribution >= 4 is 11.7 Å². The van der Waals surface area contributed by atoms with E-state index in [1.165, 1.54) is 0 Å². The van der Waals surface area contributed by atoms with Crippen molar-refractivity contribution in [3.05, 3.63) is 29.3 Å². The van der Waals surface area contributed by atoms with E-state index in [0.717, 1.165) is 17.5 Å². The first kappa shape index (κ1) is 17.5. The lowest BCUT2D eigenvalue weighted by Gasteiger charge is -2.25. The van der Waals surface area contributed by atoms with Gasteiger partial charge < -0.3 is 10.8 Å². The van der Waals surface area contributed by atoms with Crippen molar-refractivity contribution in [1.29, 1.82) is 0 Å². The summed E-state index contributed by atoms with van der Waals surface area (Å²) in [4.78, 5) is 11.7. The number of nitrogens with two attached hydrogens (primary N) is 1. The summed E-state index contributed by atoms with van der Waals surface area (Å²) in [5, 5.41) is 9.59. The van der Waals surface area contributed by atoms with E-state index < -0.39 is 11.9 Å². The quantitative estimate of drug-likeness (QED) is 0.799. The van der Waals surface area contributed by atoms with E-state index in [0.29, 0.717) is 12.1 Å². The van der Waals surface area contributed by atoms with Gasteiger partial charge in [0.25, 0.3) is 0 Å². The average molecular weight is 291 g/mol. The van der Waals surface area contributed by atoms with Gasteiger partial charge in [-0.3, -0.25) is 4.79 Å². The largest absolute Gasteiger partial charge is 0.481 e. The van der Waals surface area contributed by atoms with Gasteiger partial charge in [-0.1, -0.05) is 53.7 Å². The smallest absolute Gasteiger partial charge is 0.311 e. The Labute approximate surface area is 128 Å². The second-order valence-electron chi connectivity index (χ2n) is 8.08. The lowest BCUT2D eigenvalue weighted by atomic mass is 9.80. The Balaban J connectivity index is 3.16. The summed E-state index contributed by atoms with van der Waals surface area (Å²) >= 11 is 0. The molecule has 0 amide bonds. The van der Waals surface area contributed by atoms with Gasteiger partial charge in [0.1, 0.15) is 0 Å². The van der Waals surface area contributed by atoms with Crippen molar-refractivity contribution < 1.29 is 9.90 Å². The van der Waals surface area contributed by atoms with Crippen LogP contribution < -0.4 is 5.73 Å². The number of hydrogen-bond acceptors (Lipinski definition) is 2. The standard InChI is InChI=1S/C18H29NO2/c1-17(2,3)10-9-13(16(20)21)14-11-12(18(4,5)6)7-8-15(14)19/h7-8,11,13H,9-10,19H2,1-6H3,(H,20,21). The Kier molecular flexibility index (Phi) is 5.08. The van der Waals surface area contributed by atoms with E-state index in [9.17, 15) is 9.90 Å². The van der Waals surface area contributed by atoms with E-state index in [4.69, 9.17) is 5.73 Å². The van der Waals surface area contributed by atoms with Crippen LogP contribution in [0.3, 0.4) is 0 Å². The van der Waals surface area contributed by atoms with Gasteiger partial charge >= 0.3 is 5.97 Å². The van der Waals surface area contributed by atoms with Gasteiger partial charge in [0.15, 0.2) is 0 Å². The molecule has 0 spiro atoms. The third-order valence-electron chi connectivity index (χ3n) is 3.81. The van der Waals surface area contributed by atoms with Crippen molar-refractivity contribution in [2.45, 2.75) is 65.7 Å². The molecule has 118 valence electrons. The molecule has 0 aromatic heterocycles. The van der Waals surface area contributed by atoms with Crippen molar-refractivity contribution in [2.24, 2.45) is 5.41 Å². The minimum atomic E-state index is -0.794. The molecule has 3 heteroatoms. The van der Waals surface area contributed by atoms with Gasteiger partial charge in [-0.15, -0.1) is 0 Å². The zero-order chi connectivity index (χ0) is 16.4. The zero-order valence-electron chi connectivity index (χ0n) is 14.2. The van der Waals surface area contributed by atoms with Crippen LogP contribution in [0.2, 0.25) is 0 Å². The third-order valence-corrected chi connectivity index (χ3v) is 3.81. The second-order valence-corrected chi connectivity index (χ2v) is 8.08.